The van der Waals surface area contributed by atoms with E-state index in [2.05, 4.69) is 87.1 Å². The predicted octanol–water partition coefficient (Wildman–Crippen LogP) is 4.40. The maximum absolute atomic E-state index is 7.50. The predicted molar refractivity (Wildman–Crippen MR) is 101 cm³/mol. The van der Waals surface area contributed by atoms with Gasteiger partial charge in [0.05, 0.1) is 0 Å². The van der Waals surface area contributed by atoms with Crippen LogP contribution in [0.2, 0.25) is 25.7 Å². The van der Waals surface area contributed by atoms with Gasteiger partial charge in [0.2, 0.25) is 0 Å². The minimum atomic E-state index is -0.970. The van der Waals surface area contributed by atoms with Gasteiger partial charge in [0.1, 0.15) is 0 Å². The van der Waals surface area contributed by atoms with Crippen molar-refractivity contribution in [1.29, 1.82) is 0 Å². The zero-order valence-electron chi connectivity index (χ0n) is 16.4. The van der Waals surface area contributed by atoms with Crippen molar-refractivity contribution in [3.63, 3.8) is 0 Å². The average molecular weight is 420 g/mol. The number of hydrogen-bond donors (Lipinski definition) is 0. The summed E-state index contributed by atoms with van der Waals surface area (Å²) in [4.78, 5) is 7.50. The van der Waals surface area contributed by atoms with Crippen molar-refractivity contribution < 1.29 is 28.6 Å². The van der Waals surface area contributed by atoms with Crippen LogP contribution >= 0.6 is 7.92 Å². The van der Waals surface area contributed by atoms with E-state index in [0.717, 1.165) is 0 Å². The molecule has 0 saturated carbocycles. The molecule has 0 unspecified atom stereocenters. The van der Waals surface area contributed by atoms with Gasteiger partial charge in [-0.2, -0.15) is 0 Å². The number of carbonyl (C=O) groups excluding carboxylic acids is 1. The summed E-state index contributed by atoms with van der Waals surface area (Å²) in [7, 11) is -1.15. The molecule has 2 rings (SSSR count). The van der Waals surface area contributed by atoms with E-state index in [4.69, 9.17) is 4.79 Å². The normalized spacial score (nSPS) is 10.4. The summed E-state index contributed by atoms with van der Waals surface area (Å²) in [6.45, 7) is 11.9. The quantitative estimate of drug-likeness (QED) is 0.518. The summed E-state index contributed by atoms with van der Waals surface area (Å²) in [6.07, 6.45) is 1.33. The third-order valence-electron chi connectivity index (χ3n) is 3.22. The van der Waals surface area contributed by atoms with Crippen LogP contribution < -0.4 is 10.6 Å². The zero-order chi connectivity index (χ0) is 15.7. The third kappa shape index (κ3) is 7.58. The van der Waals surface area contributed by atoms with Gasteiger partial charge in [-0.25, -0.2) is 0 Å². The van der Waals surface area contributed by atoms with Gasteiger partial charge in [0.15, 0.2) is 0 Å². The van der Waals surface area contributed by atoms with E-state index in [1.165, 1.54) is 22.8 Å². The van der Waals surface area contributed by atoms with Crippen LogP contribution in [0.25, 0.3) is 0 Å². The van der Waals surface area contributed by atoms with Gasteiger partial charge in [0, 0.05) is 8.07 Å². The minimum absolute atomic E-state index is 0. The maximum atomic E-state index is 7.50. The van der Waals surface area contributed by atoms with Crippen LogP contribution in [0.3, 0.4) is 0 Å². The molecule has 4 heteroatoms. The summed E-state index contributed by atoms with van der Waals surface area (Å²) < 4.78 is 0. The van der Waals surface area contributed by atoms with E-state index in [1.54, 1.807) is 0 Å². The molecule has 122 valence electrons. The molecule has 1 nitrogen and oxygen atoms in total. The number of benzene rings is 2. The fourth-order valence-electron chi connectivity index (χ4n) is 2.07. The van der Waals surface area contributed by atoms with Crippen molar-refractivity contribution in [3.8, 4) is 0 Å². The molecule has 22 heavy (non-hydrogen) atoms. The molecule has 0 spiro atoms. The second-order valence-corrected chi connectivity index (χ2v) is 14.1. The zero-order valence-corrected chi connectivity index (χ0v) is 16.9. The second kappa shape index (κ2) is 11.0. The smallest absolute Gasteiger partial charge is 1.00 e. The molecule has 0 atom stereocenters. The Hall–Kier alpha value is -0.620. The van der Waals surface area contributed by atoms with Crippen molar-refractivity contribution in [1.82, 2.24) is 0 Å². The van der Waals surface area contributed by atoms with Crippen LogP contribution in [0.1, 0.15) is 4.28 Å². The molecule has 0 saturated heterocycles. The van der Waals surface area contributed by atoms with Crippen LogP contribution in [-0.2, 0) is 24.3 Å². The molecule has 0 aliphatic carbocycles. The molecule has 0 N–H and O–H groups in total. The van der Waals surface area contributed by atoms with E-state index in [-0.39, 0.29) is 31.7 Å². The molecule has 0 aliphatic rings. The summed E-state index contributed by atoms with van der Waals surface area (Å²) in [6, 6.07) is 23.5. The molecule has 0 amide bonds. The van der Waals surface area contributed by atoms with E-state index in [1.807, 2.05) is 0 Å². The molecular weight excluding hydrogens is 394 g/mol. The van der Waals surface area contributed by atoms with Crippen molar-refractivity contribution in [3.05, 3.63) is 60.7 Å². The molecule has 0 aliphatic heterocycles. The molecule has 0 fully saturated rings. The van der Waals surface area contributed by atoms with Gasteiger partial charge >= 0.3 is 19.5 Å². The first kappa shape index (κ1) is 21.4. The van der Waals surface area contributed by atoms with Gasteiger partial charge < -0.3 is 4.28 Å². The van der Waals surface area contributed by atoms with Crippen LogP contribution in [-0.4, -0.2) is 21.0 Å². The Bertz CT molecular complexity index is 487. The van der Waals surface area contributed by atoms with Gasteiger partial charge in [0.25, 0.3) is 6.79 Å². The average Bonchev–Trinajstić information content (AvgIpc) is 2.50. The Morgan fingerprint density at radius 3 is 1.55 bits per heavy atom. The summed E-state index contributed by atoms with van der Waals surface area (Å²) in [5.41, 5.74) is 0. The fourth-order valence-corrected chi connectivity index (χ4v) is 7.53. The van der Waals surface area contributed by atoms with E-state index >= 15 is 0 Å². The van der Waals surface area contributed by atoms with Crippen molar-refractivity contribution >= 4 is 33.4 Å². The molecule has 2 aromatic rings. The summed E-state index contributed by atoms with van der Waals surface area (Å²) >= 11 is 0. The van der Waals surface area contributed by atoms with Gasteiger partial charge in [-0.15, -0.1) is 0 Å². The Morgan fingerprint density at radius 2 is 1.23 bits per heavy atom. The standard InChI is InChI=1S/C17H23PSi.CO.Rh.3H/c1-19(2,3)15-14-18(16-10-6-4-7-11-16)17-12-8-5-9-13-17;1-2;;;;/h4-13H,14-15H2,1-3H3;;;;;/q;;+3;3*-1. The summed E-state index contributed by atoms with van der Waals surface area (Å²) in [5, 5.41) is 3.03. The SMILES string of the molecule is C[Si](C)(C)CCP(c1ccccc1)c1ccccc1.[C]=O.[H-].[H-].[H-].[Rh+3]. The molecule has 0 heterocycles. The van der Waals surface area contributed by atoms with Crippen LogP contribution in [0.4, 0.5) is 0 Å². The monoisotopic (exact) mass is 420 g/mol. The Labute approximate surface area is 154 Å². The topological polar surface area (TPSA) is 17.1 Å². The number of rotatable bonds is 5. The van der Waals surface area contributed by atoms with Crippen molar-refractivity contribution in [2.45, 2.75) is 25.7 Å². The van der Waals surface area contributed by atoms with E-state index < -0.39 is 8.07 Å². The molecule has 2 aromatic carbocycles. The number of hydrogen-bond acceptors (Lipinski definition) is 1. The van der Waals surface area contributed by atoms with Crippen LogP contribution in [0, 0.1) is 0 Å². The largest absolute Gasteiger partial charge is 3.00 e. The van der Waals surface area contributed by atoms with Crippen molar-refractivity contribution in [2.75, 3.05) is 6.16 Å². The Kier molecular flexibility index (Phi) is 10.7. The van der Waals surface area contributed by atoms with E-state index in [9.17, 15) is 0 Å². The Balaban J connectivity index is -0.000000355. The second-order valence-electron chi connectivity index (χ2n) is 6.13. The van der Waals surface area contributed by atoms with E-state index in [0.29, 0.717) is 0 Å². The fraction of sp³-hybridized carbons (Fsp3) is 0.278. The molecule has 2 radical (unpaired) electrons. The van der Waals surface area contributed by atoms with Gasteiger partial charge in [-0.3, -0.25) is 4.79 Å². The van der Waals surface area contributed by atoms with Gasteiger partial charge in [-0.05, 0) is 24.7 Å². The first-order valence-corrected chi connectivity index (χ1v) is 12.4. The maximum Gasteiger partial charge on any atom is 3.00 e. The summed E-state index contributed by atoms with van der Waals surface area (Å²) in [5.74, 6) is 0. The molecular formula is C18H26OPRhSi. The molecule has 0 bridgehead atoms. The molecule has 0 aromatic heterocycles. The van der Waals surface area contributed by atoms with Gasteiger partial charge in [-0.1, -0.05) is 86.3 Å². The van der Waals surface area contributed by atoms with Crippen LogP contribution in [0.5, 0.6) is 0 Å². The minimum Gasteiger partial charge on any atom is -1.00 e. The van der Waals surface area contributed by atoms with Crippen LogP contribution in [0.15, 0.2) is 60.7 Å². The Morgan fingerprint density at radius 1 is 0.864 bits per heavy atom. The first-order chi connectivity index (χ1) is 10.1. The first-order valence-electron chi connectivity index (χ1n) is 7.14. The van der Waals surface area contributed by atoms with Crippen molar-refractivity contribution in [2.24, 2.45) is 0 Å². The third-order valence-corrected chi connectivity index (χ3v) is 7.91.